The van der Waals surface area contributed by atoms with Crippen molar-refractivity contribution in [2.24, 2.45) is 0 Å². The van der Waals surface area contributed by atoms with Crippen molar-refractivity contribution in [2.45, 2.75) is 11.3 Å². The number of nitro benzene ring substituents is 1. The number of rotatable bonds is 6. The highest BCUT2D eigenvalue weighted by molar-refractivity contribution is 7.98. The van der Waals surface area contributed by atoms with Gasteiger partial charge in [-0.2, -0.15) is 0 Å². The van der Waals surface area contributed by atoms with E-state index < -0.39 is 10.8 Å². The summed E-state index contributed by atoms with van der Waals surface area (Å²) in [6.07, 6.45) is 2.54. The number of carbonyl (C=O) groups excluding carboxylic acids is 1. The van der Waals surface area contributed by atoms with Crippen LogP contribution in [0.15, 0.2) is 53.4 Å². The zero-order valence-electron chi connectivity index (χ0n) is 12.1. The first-order chi connectivity index (χ1) is 10.6. The third-order valence-electron chi connectivity index (χ3n) is 3.19. The van der Waals surface area contributed by atoms with Gasteiger partial charge in [-0.15, -0.1) is 11.8 Å². The highest BCUT2D eigenvalue weighted by Crippen LogP contribution is 2.24. The fraction of sp³-hybridized carbons (Fsp3) is 0.188. The molecular formula is C16H16N2O3S. The molecule has 0 aliphatic rings. The summed E-state index contributed by atoms with van der Waals surface area (Å²) in [5, 5.41) is 13.8. The molecule has 22 heavy (non-hydrogen) atoms. The molecule has 0 aliphatic carbocycles. The number of nitro groups is 1. The largest absolute Gasteiger partial charge is 0.351 e. The molecule has 5 nitrogen and oxygen atoms in total. The SMILES string of the molecule is CSc1ccc([N+](=O)[O-])c(C(=O)NCCc2ccccc2)c1. The lowest BCUT2D eigenvalue weighted by molar-refractivity contribution is -0.385. The molecule has 1 amide bonds. The van der Waals surface area contributed by atoms with Crippen LogP contribution in [-0.2, 0) is 6.42 Å². The van der Waals surface area contributed by atoms with Crippen LogP contribution in [0.2, 0.25) is 0 Å². The average molecular weight is 316 g/mol. The molecular weight excluding hydrogens is 300 g/mol. The zero-order chi connectivity index (χ0) is 15.9. The molecule has 0 bridgehead atoms. The fourth-order valence-corrected chi connectivity index (χ4v) is 2.48. The second-order valence-electron chi connectivity index (χ2n) is 4.63. The van der Waals surface area contributed by atoms with Gasteiger partial charge in [0.2, 0.25) is 0 Å². The molecule has 2 aromatic carbocycles. The maximum atomic E-state index is 12.2. The van der Waals surface area contributed by atoms with Gasteiger partial charge in [0.1, 0.15) is 5.56 Å². The summed E-state index contributed by atoms with van der Waals surface area (Å²) >= 11 is 1.44. The molecule has 0 fully saturated rings. The first kappa shape index (κ1) is 16.0. The summed E-state index contributed by atoms with van der Waals surface area (Å²) in [5.74, 6) is -0.418. The molecule has 0 spiro atoms. The van der Waals surface area contributed by atoms with Crippen molar-refractivity contribution >= 4 is 23.4 Å². The van der Waals surface area contributed by atoms with Crippen molar-refractivity contribution in [2.75, 3.05) is 12.8 Å². The van der Waals surface area contributed by atoms with Gasteiger partial charge in [-0.1, -0.05) is 30.3 Å². The van der Waals surface area contributed by atoms with Gasteiger partial charge >= 0.3 is 0 Å². The first-order valence-electron chi connectivity index (χ1n) is 6.76. The third-order valence-corrected chi connectivity index (χ3v) is 3.91. The number of nitrogens with zero attached hydrogens (tertiary/aromatic N) is 1. The Balaban J connectivity index is 2.06. The lowest BCUT2D eigenvalue weighted by Gasteiger charge is -2.07. The highest BCUT2D eigenvalue weighted by atomic mass is 32.2. The van der Waals surface area contributed by atoms with Gasteiger partial charge in [0.25, 0.3) is 11.6 Å². The Bertz CT molecular complexity index is 674. The molecule has 2 aromatic rings. The maximum absolute atomic E-state index is 12.2. The topological polar surface area (TPSA) is 72.2 Å². The van der Waals surface area contributed by atoms with E-state index in [9.17, 15) is 14.9 Å². The minimum atomic E-state index is -0.532. The second kappa shape index (κ2) is 7.61. The normalized spacial score (nSPS) is 10.2. The van der Waals surface area contributed by atoms with E-state index in [1.54, 1.807) is 12.1 Å². The van der Waals surface area contributed by atoms with Gasteiger partial charge < -0.3 is 5.32 Å². The number of hydrogen-bond acceptors (Lipinski definition) is 4. The van der Waals surface area contributed by atoms with E-state index in [1.165, 1.54) is 17.8 Å². The molecule has 1 N–H and O–H groups in total. The van der Waals surface area contributed by atoms with Crippen LogP contribution >= 0.6 is 11.8 Å². The summed E-state index contributed by atoms with van der Waals surface area (Å²) in [4.78, 5) is 23.5. The molecule has 6 heteroatoms. The molecule has 0 heterocycles. The van der Waals surface area contributed by atoms with Crippen molar-refractivity contribution in [3.05, 3.63) is 69.8 Å². The van der Waals surface area contributed by atoms with Crippen LogP contribution in [0.3, 0.4) is 0 Å². The van der Waals surface area contributed by atoms with E-state index in [1.807, 2.05) is 36.6 Å². The Morgan fingerprint density at radius 3 is 2.59 bits per heavy atom. The molecule has 0 unspecified atom stereocenters. The first-order valence-corrected chi connectivity index (χ1v) is 7.99. The quantitative estimate of drug-likeness (QED) is 0.504. The third kappa shape index (κ3) is 4.08. The van der Waals surface area contributed by atoms with Crippen LogP contribution < -0.4 is 5.32 Å². The Kier molecular flexibility index (Phi) is 5.55. The summed E-state index contributed by atoms with van der Waals surface area (Å²) in [7, 11) is 0. The molecule has 0 saturated carbocycles. The zero-order valence-corrected chi connectivity index (χ0v) is 12.9. The van der Waals surface area contributed by atoms with Crippen LogP contribution in [0.5, 0.6) is 0 Å². The number of amides is 1. The molecule has 0 saturated heterocycles. The second-order valence-corrected chi connectivity index (χ2v) is 5.51. The van der Waals surface area contributed by atoms with Crippen molar-refractivity contribution in [1.82, 2.24) is 5.32 Å². The van der Waals surface area contributed by atoms with Gasteiger partial charge in [0.05, 0.1) is 4.92 Å². The number of thioether (sulfide) groups is 1. The minimum Gasteiger partial charge on any atom is -0.351 e. The van der Waals surface area contributed by atoms with Gasteiger partial charge in [-0.3, -0.25) is 14.9 Å². The lowest BCUT2D eigenvalue weighted by atomic mass is 10.1. The molecule has 0 aromatic heterocycles. The van der Waals surface area contributed by atoms with E-state index in [0.717, 1.165) is 10.5 Å². The van der Waals surface area contributed by atoms with Crippen LogP contribution in [0.1, 0.15) is 15.9 Å². The number of carbonyl (C=O) groups is 1. The Hall–Kier alpha value is -2.34. The van der Waals surface area contributed by atoms with Gasteiger partial charge in [-0.25, -0.2) is 0 Å². The van der Waals surface area contributed by atoms with Crippen LogP contribution in [0.4, 0.5) is 5.69 Å². The lowest BCUT2D eigenvalue weighted by Crippen LogP contribution is -2.26. The van der Waals surface area contributed by atoms with E-state index in [-0.39, 0.29) is 11.3 Å². The molecule has 0 radical (unpaired) electrons. The maximum Gasteiger partial charge on any atom is 0.282 e. The summed E-state index contributed by atoms with van der Waals surface area (Å²) in [5.41, 5.74) is 1.04. The van der Waals surface area contributed by atoms with E-state index in [4.69, 9.17) is 0 Å². The molecule has 114 valence electrons. The van der Waals surface area contributed by atoms with Crippen LogP contribution in [0, 0.1) is 10.1 Å². The molecule has 0 atom stereocenters. The predicted molar refractivity (Wildman–Crippen MR) is 87.4 cm³/mol. The fourth-order valence-electron chi connectivity index (χ4n) is 2.04. The highest BCUT2D eigenvalue weighted by Gasteiger charge is 2.20. The van der Waals surface area contributed by atoms with Gasteiger partial charge in [0, 0.05) is 17.5 Å². The summed E-state index contributed by atoms with van der Waals surface area (Å²) in [6, 6.07) is 14.3. The van der Waals surface area contributed by atoms with E-state index >= 15 is 0 Å². The Labute approximate surface area is 132 Å². The van der Waals surface area contributed by atoms with Gasteiger partial charge in [0.15, 0.2) is 0 Å². The van der Waals surface area contributed by atoms with E-state index in [0.29, 0.717) is 13.0 Å². The molecule has 0 aliphatic heterocycles. The standard InChI is InChI=1S/C16H16N2O3S/c1-22-13-7-8-15(18(20)21)14(11-13)16(19)17-10-9-12-5-3-2-4-6-12/h2-8,11H,9-10H2,1H3,(H,17,19). The van der Waals surface area contributed by atoms with E-state index in [2.05, 4.69) is 5.32 Å². The van der Waals surface area contributed by atoms with Crippen molar-refractivity contribution in [1.29, 1.82) is 0 Å². The summed E-state index contributed by atoms with van der Waals surface area (Å²) in [6.45, 7) is 0.434. The number of hydrogen-bond donors (Lipinski definition) is 1. The smallest absolute Gasteiger partial charge is 0.282 e. The van der Waals surface area contributed by atoms with Gasteiger partial charge in [-0.05, 0) is 30.4 Å². The van der Waals surface area contributed by atoms with Crippen molar-refractivity contribution < 1.29 is 9.72 Å². The summed E-state index contributed by atoms with van der Waals surface area (Å²) < 4.78 is 0. The van der Waals surface area contributed by atoms with Crippen LogP contribution in [-0.4, -0.2) is 23.6 Å². The number of nitrogens with one attached hydrogen (secondary N) is 1. The van der Waals surface area contributed by atoms with Crippen molar-refractivity contribution in [3.8, 4) is 0 Å². The van der Waals surface area contributed by atoms with Crippen LogP contribution in [0.25, 0.3) is 0 Å². The number of benzene rings is 2. The Morgan fingerprint density at radius 1 is 1.23 bits per heavy atom. The molecule has 2 rings (SSSR count). The average Bonchev–Trinajstić information content (AvgIpc) is 2.55. The van der Waals surface area contributed by atoms with Crippen molar-refractivity contribution in [3.63, 3.8) is 0 Å². The Morgan fingerprint density at radius 2 is 1.95 bits per heavy atom. The predicted octanol–water partition coefficient (Wildman–Crippen LogP) is 3.29. The minimum absolute atomic E-state index is 0.102. The monoisotopic (exact) mass is 316 g/mol.